The SMILES string of the molecule is O=C(c1ccc(F)cc1OC1CC2CC(F)C(C1)N2CCO)N1Cc2nn3cc(Cl)cnc3c2C1. The molecule has 3 aliphatic rings. The second-order valence-electron chi connectivity index (χ2n) is 9.41. The number of hydrogen-bond donors (Lipinski definition) is 1. The van der Waals surface area contributed by atoms with Gasteiger partial charge in [-0.15, -0.1) is 0 Å². The molecule has 3 aliphatic heterocycles. The van der Waals surface area contributed by atoms with Gasteiger partial charge < -0.3 is 14.7 Å². The van der Waals surface area contributed by atoms with Crippen LogP contribution in [0.15, 0.2) is 30.6 Å². The molecule has 35 heavy (non-hydrogen) atoms. The summed E-state index contributed by atoms with van der Waals surface area (Å²) in [6, 6.07) is 3.51. The van der Waals surface area contributed by atoms with Crippen LogP contribution in [0.4, 0.5) is 8.78 Å². The van der Waals surface area contributed by atoms with Crippen molar-refractivity contribution in [3.8, 4) is 5.75 Å². The van der Waals surface area contributed by atoms with E-state index in [0.717, 1.165) is 11.3 Å². The van der Waals surface area contributed by atoms with Crippen LogP contribution in [-0.2, 0) is 13.1 Å². The van der Waals surface area contributed by atoms with Crippen LogP contribution in [0.2, 0.25) is 5.02 Å². The highest BCUT2D eigenvalue weighted by molar-refractivity contribution is 6.30. The van der Waals surface area contributed by atoms with Gasteiger partial charge in [0.15, 0.2) is 5.65 Å². The van der Waals surface area contributed by atoms with Crippen LogP contribution in [0.1, 0.15) is 40.9 Å². The predicted octanol–water partition coefficient (Wildman–Crippen LogP) is 2.99. The van der Waals surface area contributed by atoms with E-state index in [0.29, 0.717) is 49.6 Å². The molecule has 6 rings (SSSR count). The Bertz CT molecular complexity index is 1300. The molecule has 2 saturated heterocycles. The summed E-state index contributed by atoms with van der Waals surface area (Å²) in [5.41, 5.74) is 2.48. The van der Waals surface area contributed by atoms with Gasteiger partial charge in [0.1, 0.15) is 23.8 Å². The first-order valence-electron chi connectivity index (χ1n) is 11.7. The first-order chi connectivity index (χ1) is 16.9. The zero-order valence-electron chi connectivity index (χ0n) is 18.8. The van der Waals surface area contributed by atoms with Gasteiger partial charge in [0.2, 0.25) is 0 Å². The maximum Gasteiger partial charge on any atom is 0.258 e. The minimum absolute atomic E-state index is 0.0283. The van der Waals surface area contributed by atoms with Crippen LogP contribution in [0, 0.1) is 5.82 Å². The van der Waals surface area contributed by atoms with Crippen LogP contribution in [0.25, 0.3) is 5.65 Å². The second-order valence-corrected chi connectivity index (χ2v) is 9.85. The van der Waals surface area contributed by atoms with Gasteiger partial charge in [0.25, 0.3) is 5.91 Å². The lowest BCUT2D eigenvalue weighted by molar-refractivity contribution is 0.0284. The molecule has 0 aliphatic carbocycles. The Morgan fingerprint density at radius 2 is 2.11 bits per heavy atom. The normalized spacial score (nSPS) is 25.9. The van der Waals surface area contributed by atoms with E-state index in [2.05, 4.69) is 10.1 Å². The summed E-state index contributed by atoms with van der Waals surface area (Å²) in [4.78, 5) is 21.4. The van der Waals surface area contributed by atoms with Gasteiger partial charge in [-0.1, -0.05) is 11.6 Å². The molecule has 2 aromatic heterocycles. The molecule has 4 unspecified atom stereocenters. The van der Waals surface area contributed by atoms with Crippen molar-refractivity contribution in [1.82, 2.24) is 24.4 Å². The van der Waals surface area contributed by atoms with Gasteiger partial charge in [-0.2, -0.15) is 5.10 Å². The monoisotopic (exact) mass is 503 g/mol. The maximum atomic E-state index is 14.6. The van der Waals surface area contributed by atoms with Gasteiger partial charge in [-0.3, -0.25) is 9.69 Å². The highest BCUT2D eigenvalue weighted by atomic mass is 35.5. The molecule has 11 heteroatoms. The van der Waals surface area contributed by atoms with Crippen LogP contribution in [-0.4, -0.2) is 72.9 Å². The minimum Gasteiger partial charge on any atom is -0.489 e. The number of fused-ring (bicyclic) bond motifs is 5. The molecular weight excluding hydrogens is 480 g/mol. The van der Waals surface area contributed by atoms with Crippen molar-refractivity contribution >= 4 is 23.2 Å². The molecule has 2 bridgehead atoms. The highest BCUT2D eigenvalue weighted by Crippen LogP contribution is 2.39. The smallest absolute Gasteiger partial charge is 0.258 e. The average molecular weight is 504 g/mol. The van der Waals surface area contributed by atoms with Crippen molar-refractivity contribution in [2.75, 3.05) is 13.2 Å². The Morgan fingerprint density at radius 1 is 1.26 bits per heavy atom. The summed E-state index contributed by atoms with van der Waals surface area (Å²) < 4.78 is 36.5. The zero-order valence-corrected chi connectivity index (χ0v) is 19.5. The Morgan fingerprint density at radius 3 is 2.91 bits per heavy atom. The van der Waals surface area contributed by atoms with Crippen LogP contribution in [0.5, 0.6) is 5.75 Å². The quantitative estimate of drug-likeness (QED) is 0.576. The summed E-state index contributed by atoms with van der Waals surface area (Å²) in [7, 11) is 0. The fourth-order valence-corrected chi connectivity index (χ4v) is 5.90. The molecule has 5 heterocycles. The number of nitrogens with zero attached hydrogens (tertiary/aromatic N) is 5. The fraction of sp³-hybridized carbons (Fsp3) is 0.458. The van der Waals surface area contributed by atoms with E-state index < -0.39 is 12.0 Å². The van der Waals surface area contributed by atoms with Crippen LogP contribution < -0.4 is 4.74 Å². The number of benzene rings is 1. The van der Waals surface area contributed by atoms with E-state index in [1.165, 1.54) is 24.4 Å². The Hall–Kier alpha value is -2.82. The third-order valence-electron chi connectivity index (χ3n) is 7.27. The molecule has 1 N–H and O–H groups in total. The van der Waals surface area contributed by atoms with Crippen molar-refractivity contribution in [1.29, 1.82) is 0 Å². The van der Waals surface area contributed by atoms with Crippen molar-refractivity contribution < 1.29 is 23.4 Å². The van der Waals surface area contributed by atoms with Crippen molar-refractivity contribution in [3.63, 3.8) is 0 Å². The number of aliphatic hydroxyl groups is 1. The first kappa shape index (κ1) is 22.6. The summed E-state index contributed by atoms with van der Waals surface area (Å²) in [6.45, 7) is 1.00. The molecule has 3 aromatic rings. The van der Waals surface area contributed by atoms with E-state index in [-0.39, 0.29) is 42.0 Å². The Balaban J connectivity index is 1.22. The summed E-state index contributed by atoms with van der Waals surface area (Å²) in [6.07, 6.45) is 3.25. The Labute approximate surface area is 205 Å². The van der Waals surface area contributed by atoms with Gasteiger partial charge in [0.05, 0.1) is 42.2 Å². The highest BCUT2D eigenvalue weighted by Gasteiger charge is 2.47. The molecule has 1 amide bonds. The number of carbonyl (C=O) groups excluding carboxylic acids is 1. The first-order valence-corrected chi connectivity index (χ1v) is 12.1. The second kappa shape index (κ2) is 8.69. The third kappa shape index (κ3) is 3.93. The lowest BCUT2D eigenvalue weighted by Gasteiger charge is -2.38. The number of amides is 1. The van der Waals surface area contributed by atoms with Crippen molar-refractivity contribution in [2.45, 2.75) is 56.7 Å². The molecule has 0 saturated carbocycles. The number of ether oxygens (including phenoxy) is 1. The minimum atomic E-state index is -0.986. The van der Waals surface area contributed by atoms with E-state index in [1.54, 1.807) is 15.6 Å². The summed E-state index contributed by atoms with van der Waals surface area (Å²) in [5.74, 6) is -0.646. The van der Waals surface area contributed by atoms with Gasteiger partial charge in [0, 0.05) is 49.3 Å². The van der Waals surface area contributed by atoms with Crippen LogP contribution >= 0.6 is 11.6 Å². The number of aromatic nitrogens is 3. The lowest BCUT2D eigenvalue weighted by Crippen LogP contribution is -2.48. The van der Waals surface area contributed by atoms with Crippen LogP contribution in [0.3, 0.4) is 0 Å². The summed E-state index contributed by atoms with van der Waals surface area (Å²) in [5, 5.41) is 14.3. The van der Waals surface area contributed by atoms with E-state index in [1.807, 2.05) is 4.90 Å². The number of alkyl halides is 1. The number of rotatable bonds is 5. The average Bonchev–Trinajstić information content (AvgIpc) is 3.42. The Kier molecular flexibility index (Phi) is 5.62. The molecule has 2 fully saturated rings. The third-order valence-corrected chi connectivity index (χ3v) is 7.47. The van der Waals surface area contributed by atoms with Crippen molar-refractivity contribution in [2.24, 2.45) is 0 Å². The maximum absolute atomic E-state index is 14.6. The number of piperidine rings is 1. The number of carbonyl (C=O) groups is 1. The molecule has 0 spiro atoms. The molecule has 0 radical (unpaired) electrons. The van der Waals surface area contributed by atoms with Gasteiger partial charge in [-0.25, -0.2) is 18.3 Å². The fourth-order valence-electron chi connectivity index (χ4n) is 5.76. The molecule has 8 nitrogen and oxygen atoms in total. The molecule has 4 atom stereocenters. The van der Waals surface area contributed by atoms with E-state index in [9.17, 15) is 18.7 Å². The summed E-state index contributed by atoms with van der Waals surface area (Å²) >= 11 is 6.00. The van der Waals surface area contributed by atoms with E-state index >= 15 is 0 Å². The van der Waals surface area contributed by atoms with E-state index in [4.69, 9.17) is 16.3 Å². The molecular formula is C24H24ClF2N5O3. The van der Waals surface area contributed by atoms with Gasteiger partial charge >= 0.3 is 0 Å². The largest absolute Gasteiger partial charge is 0.489 e. The van der Waals surface area contributed by atoms with Crippen molar-refractivity contribution in [3.05, 3.63) is 58.3 Å². The number of hydrogen-bond acceptors (Lipinski definition) is 6. The zero-order chi connectivity index (χ0) is 24.3. The molecule has 1 aromatic carbocycles. The standard InChI is InChI=1S/C24H24ClF2N5O3/c25-13-9-28-23-18-11-30(12-20(18)29-32(23)10-13)24(34)17-2-1-14(26)5-22(17)35-16-6-15-7-19(27)21(8-16)31(15)3-4-33/h1-2,5,9-10,15-16,19,21,33H,3-4,6-8,11-12H2. The van der Waals surface area contributed by atoms with Gasteiger partial charge in [-0.05, 0) is 18.6 Å². The number of halogens is 3. The lowest BCUT2D eigenvalue weighted by atomic mass is 9.99. The number of aliphatic hydroxyl groups excluding tert-OH is 1. The molecule has 184 valence electrons. The predicted molar refractivity (Wildman–Crippen MR) is 123 cm³/mol. The topological polar surface area (TPSA) is 83.2 Å².